The average molecular weight is 562 g/mol. The molecule has 2 N–H and O–H groups in total. The second-order valence-electron chi connectivity index (χ2n) is 9.66. The number of aromatic nitrogens is 2. The standard InChI is InChI=1S/C26H39N7O5S/c1-7-24(34)28-20-17-21(23(37-5)18-22(20)32(4)16-15-31(2)3)29-26-27-12-10-25(30-26)38-19-9-8-13-33(14-11-19)39(6,35)36/h7,10,12,17-19H,1,8-9,11,13-16H2,2-6H3,(H,28,34)(H,27,29,30). The van der Waals surface area contributed by atoms with E-state index in [2.05, 4.69) is 32.1 Å². The summed E-state index contributed by atoms with van der Waals surface area (Å²) in [7, 11) is 4.28. The van der Waals surface area contributed by atoms with Gasteiger partial charge >= 0.3 is 0 Å². The van der Waals surface area contributed by atoms with Crippen LogP contribution in [-0.4, -0.2) is 100 Å². The minimum absolute atomic E-state index is 0.160. The molecule has 1 aliphatic heterocycles. The molecule has 13 heteroatoms. The first kappa shape index (κ1) is 30.1. The molecule has 0 aliphatic carbocycles. The van der Waals surface area contributed by atoms with Crippen molar-refractivity contribution in [1.29, 1.82) is 0 Å². The Balaban J connectivity index is 1.81. The van der Waals surface area contributed by atoms with Crippen LogP contribution in [0.4, 0.5) is 23.0 Å². The molecule has 2 aromatic rings. The molecule has 0 radical (unpaired) electrons. The van der Waals surface area contributed by atoms with E-state index in [1.165, 1.54) is 16.6 Å². The Hall–Kier alpha value is -3.42. The maximum Gasteiger partial charge on any atom is 0.247 e. The smallest absolute Gasteiger partial charge is 0.247 e. The minimum atomic E-state index is -3.23. The molecular formula is C26H39N7O5S. The van der Waals surface area contributed by atoms with Gasteiger partial charge in [-0.15, -0.1) is 0 Å². The van der Waals surface area contributed by atoms with Gasteiger partial charge in [0.05, 0.1) is 30.4 Å². The van der Waals surface area contributed by atoms with E-state index in [0.29, 0.717) is 48.9 Å². The van der Waals surface area contributed by atoms with E-state index in [-0.39, 0.29) is 18.0 Å². The van der Waals surface area contributed by atoms with Crippen molar-refractivity contribution in [3.8, 4) is 11.6 Å². The molecule has 3 rings (SSSR count). The molecule has 1 aliphatic rings. The van der Waals surface area contributed by atoms with Crippen molar-refractivity contribution in [2.24, 2.45) is 0 Å². The highest BCUT2D eigenvalue weighted by Gasteiger charge is 2.24. The number of hydrogen-bond acceptors (Lipinski definition) is 10. The highest BCUT2D eigenvalue weighted by molar-refractivity contribution is 7.88. The Morgan fingerprint density at radius 3 is 2.64 bits per heavy atom. The van der Waals surface area contributed by atoms with Crippen LogP contribution < -0.4 is 25.0 Å². The van der Waals surface area contributed by atoms with E-state index in [1.807, 2.05) is 32.1 Å². The van der Waals surface area contributed by atoms with Gasteiger partial charge in [0.25, 0.3) is 0 Å². The Kier molecular flexibility index (Phi) is 10.5. The number of likely N-dealkylation sites (N-methyl/N-ethyl adjacent to an activating group) is 2. The topological polar surface area (TPSA) is 129 Å². The van der Waals surface area contributed by atoms with E-state index in [9.17, 15) is 13.2 Å². The molecule has 1 saturated heterocycles. The van der Waals surface area contributed by atoms with Gasteiger partial charge in [-0.2, -0.15) is 4.98 Å². The molecule has 1 aromatic heterocycles. The van der Waals surface area contributed by atoms with Crippen LogP contribution in [0.5, 0.6) is 11.6 Å². The number of nitrogens with zero attached hydrogens (tertiary/aromatic N) is 5. The monoisotopic (exact) mass is 561 g/mol. The summed E-state index contributed by atoms with van der Waals surface area (Å²) in [4.78, 5) is 25.1. The summed E-state index contributed by atoms with van der Waals surface area (Å²) >= 11 is 0. The number of carbonyl (C=O) groups is 1. The molecule has 1 aromatic carbocycles. The van der Waals surface area contributed by atoms with E-state index >= 15 is 0 Å². The van der Waals surface area contributed by atoms with Gasteiger partial charge < -0.3 is 29.9 Å². The van der Waals surface area contributed by atoms with Crippen molar-refractivity contribution in [3.63, 3.8) is 0 Å². The fourth-order valence-electron chi connectivity index (χ4n) is 4.15. The van der Waals surface area contributed by atoms with Crippen LogP contribution in [0.2, 0.25) is 0 Å². The maximum absolute atomic E-state index is 12.2. The second kappa shape index (κ2) is 13.6. The predicted octanol–water partition coefficient (Wildman–Crippen LogP) is 2.54. The first-order valence-electron chi connectivity index (χ1n) is 12.7. The van der Waals surface area contributed by atoms with Gasteiger partial charge in [0.2, 0.25) is 27.8 Å². The zero-order valence-corrected chi connectivity index (χ0v) is 24.1. The molecular weight excluding hydrogens is 522 g/mol. The molecule has 2 heterocycles. The van der Waals surface area contributed by atoms with Crippen LogP contribution in [0.3, 0.4) is 0 Å². The zero-order chi connectivity index (χ0) is 28.6. The lowest BCUT2D eigenvalue weighted by molar-refractivity contribution is -0.111. The Labute approximate surface area is 231 Å². The number of rotatable bonds is 12. The van der Waals surface area contributed by atoms with E-state index in [1.54, 1.807) is 25.4 Å². The van der Waals surface area contributed by atoms with Gasteiger partial charge in [-0.05, 0) is 45.5 Å². The van der Waals surface area contributed by atoms with Crippen molar-refractivity contribution in [3.05, 3.63) is 37.1 Å². The molecule has 0 bridgehead atoms. The lowest BCUT2D eigenvalue weighted by Gasteiger charge is -2.26. The van der Waals surface area contributed by atoms with Gasteiger partial charge in [-0.3, -0.25) is 4.79 Å². The number of nitrogens with one attached hydrogen (secondary N) is 2. The quantitative estimate of drug-likeness (QED) is 0.373. The Bertz CT molecular complexity index is 1260. The number of sulfonamides is 1. The molecule has 0 saturated carbocycles. The van der Waals surface area contributed by atoms with Crippen molar-refractivity contribution >= 4 is 38.9 Å². The number of hydrogen-bond donors (Lipinski definition) is 2. The third-order valence-corrected chi connectivity index (χ3v) is 7.63. The number of amides is 1. The first-order chi connectivity index (χ1) is 18.5. The van der Waals surface area contributed by atoms with Crippen LogP contribution in [0.15, 0.2) is 37.1 Å². The summed E-state index contributed by atoms with van der Waals surface area (Å²) < 4.78 is 37.0. The molecule has 214 valence electrons. The number of carbonyl (C=O) groups excluding carboxylic acids is 1. The summed E-state index contributed by atoms with van der Waals surface area (Å²) in [5.74, 6) is 0.868. The van der Waals surface area contributed by atoms with Gasteiger partial charge in [0.1, 0.15) is 11.9 Å². The summed E-state index contributed by atoms with van der Waals surface area (Å²) in [5.41, 5.74) is 1.91. The highest BCUT2D eigenvalue weighted by atomic mass is 32.2. The Morgan fingerprint density at radius 2 is 1.97 bits per heavy atom. The molecule has 1 unspecified atom stereocenters. The van der Waals surface area contributed by atoms with Crippen LogP contribution in [0, 0.1) is 0 Å². The van der Waals surface area contributed by atoms with E-state index in [0.717, 1.165) is 25.2 Å². The normalized spacial score (nSPS) is 16.3. The number of benzene rings is 1. The second-order valence-corrected chi connectivity index (χ2v) is 11.6. The fraction of sp³-hybridized carbons (Fsp3) is 0.500. The molecule has 39 heavy (non-hydrogen) atoms. The number of methoxy groups -OCH3 is 1. The van der Waals surface area contributed by atoms with E-state index < -0.39 is 10.0 Å². The maximum atomic E-state index is 12.2. The largest absolute Gasteiger partial charge is 0.494 e. The third kappa shape index (κ3) is 8.80. The molecule has 0 spiro atoms. The molecule has 1 atom stereocenters. The van der Waals surface area contributed by atoms with Gasteiger partial charge in [0, 0.05) is 51.6 Å². The predicted molar refractivity (Wildman–Crippen MR) is 154 cm³/mol. The van der Waals surface area contributed by atoms with Gasteiger partial charge in [0.15, 0.2) is 0 Å². The summed E-state index contributed by atoms with van der Waals surface area (Å²) in [6.45, 7) is 6.00. The van der Waals surface area contributed by atoms with Gasteiger partial charge in [-0.1, -0.05) is 6.58 Å². The average Bonchev–Trinajstić information content (AvgIpc) is 3.13. The number of ether oxygens (including phenoxy) is 2. The third-order valence-electron chi connectivity index (χ3n) is 6.32. The zero-order valence-electron chi connectivity index (χ0n) is 23.3. The highest BCUT2D eigenvalue weighted by Crippen LogP contribution is 2.38. The van der Waals surface area contributed by atoms with Crippen molar-refractivity contribution in [2.75, 3.05) is 76.2 Å². The molecule has 12 nitrogen and oxygen atoms in total. The van der Waals surface area contributed by atoms with Crippen LogP contribution in [0.25, 0.3) is 0 Å². The lowest BCUT2D eigenvalue weighted by atomic mass is 10.2. The molecule has 1 amide bonds. The van der Waals surface area contributed by atoms with Crippen LogP contribution in [0.1, 0.15) is 19.3 Å². The van der Waals surface area contributed by atoms with Gasteiger partial charge in [-0.25, -0.2) is 17.7 Å². The van der Waals surface area contributed by atoms with Crippen molar-refractivity contribution in [1.82, 2.24) is 19.2 Å². The van der Waals surface area contributed by atoms with Crippen molar-refractivity contribution < 1.29 is 22.7 Å². The minimum Gasteiger partial charge on any atom is -0.494 e. The fourth-order valence-corrected chi connectivity index (χ4v) is 5.05. The van der Waals surface area contributed by atoms with E-state index in [4.69, 9.17) is 9.47 Å². The molecule has 1 fully saturated rings. The Morgan fingerprint density at radius 1 is 1.21 bits per heavy atom. The number of anilines is 4. The lowest BCUT2D eigenvalue weighted by Crippen LogP contribution is -2.31. The van der Waals surface area contributed by atoms with Crippen LogP contribution >= 0.6 is 0 Å². The van der Waals surface area contributed by atoms with Crippen LogP contribution in [-0.2, 0) is 14.8 Å². The SMILES string of the molecule is C=CC(=O)Nc1cc(Nc2nccc(OC3CCCN(S(C)(=O)=O)CC3)n2)c(OC)cc1N(C)CCN(C)C. The first-order valence-corrected chi connectivity index (χ1v) is 14.6. The van der Waals surface area contributed by atoms with Crippen molar-refractivity contribution in [2.45, 2.75) is 25.4 Å². The summed E-state index contributed by atoms with van der Waals surface area (Å²) in [6.07, 6.45) is 5.87. The summed E-state index contributed by atoms with van der Waals surface area (Å²) in [6, 6.07) is 5.28. The summed E-state index contributed by atoms with van der Waals surface area (Å²) in [5, 5.41) is 6.04.